The van der Waals surface area contributed by atoms with Gasteiger partial charge in [-0.05, 0) is 17.7 Å². The van der Waals surface area contributed by atoms with Gasteiger partial charge in [-0.2, -0.15) is 0 Å². The zero-order valence-electron chi connectivity index (χ0n) is 9.30. The van der Waals surface area contributed by atoms with E-state index in [4.69, 9.17) is 9.47 Å². The van der Waals surface area contributed by atoms with Crippen LogP contribution in [0.1, 0.15) is 5.56 Å². The lowest BCUT2D eigenvalue weighted by Crippen LogP contribution is -2.12. The fourth-order valence-corrected chi connectivity index (χ4v) is 1.62. The van der Waals surface area contributed by atoms with Crippen molar-refractivity contribution in [3.05, 3.63) is 29.8 Å². The Hall–Kier alpha value is -1.55. The Balaban J connectivity index is 1.89. The zero-order chi connectivity index (χ0) is 11.5. The van der Waals surface area contributed by atoms with Crippen LogP contribution in [0.5, 0.6) is 5.75 Å². The number of epoxide rings is 1. The molecule has 0 unspecified atom stereocenters. The summed E-state index contributed by atoms with van der Waals surface area (Å²) in [6.45, 7) is 0. The molecule has 16 heavy (non-hydrogen) atoms. The van der Waals surface area contributed by atoms with Crippen LogP contribution in [0.3, 0.4) is 0 Å². The van der Waals surface area contributed by atoms with Crippen LogP contribution in [0, 0.1) is 0 Å². The van der Waals surface area contributed by atoms with Gasteiger partial charge in [-0.25, -0.2) is 4.79 Å². The largest absolute Gasteiger partial charge is 0.497 e. The number of ether oxygens (including phenoxy) is 3. The maximum atomic E-state index is 11.1. The molecule has 0 N–H and O–H groups in total. The van der Waals surface area contributed by atoms with Crippen LogP contribution in [0.4, 0.5) is 0 Å². The highest BCUT2D eigenvalue weighted by molar-refractivity contribution is 5.77. The van der Waals surface area contributed by atoms with E-state index in [0.29, 0.717) is 0 Å². The Labute approximate surface area is 94.1 Å². The molecule has 4 nitrogen and oxygen atoms in total. The van der Waals surface area contributed by atoms with Crippen molar-refractivity contribution in [3.63, 3.8) is 0 Å². The summed E-state index contributed by atoms with van der Waals surface area (Å²) in [5, 5.41) is 0. The molecular weight excluding hydrogens is 208 g/mol. The van der Waals surface area contributed by atoms with E-state index >= 15 is 0 Å². The first kappa shape index (κ1) is 11.0. The van der Waals surface area contributed by atoms with Crippen molar-refractivity contribution in [3.8, 4) is 5.75 Å². The van der Waals surface area contributed by atoms with Crippen molar-refractivity contribution in [2.24, 2.45) is 0 Å². The monoisotopic (exact) mass is 222 g/mol. The predicted molar refractivity (Wildman–Crippen MR) is 57.4 cm³/mol. The third-order valence-electron chi connectivity index (χ3n) is 2.61. The van der Waals surface area contributed by atoms with Gasteiger partial charge in [0.05, 0.1) is 20.3 Å². The van der Waals surface area contributed by atoms with E-state index in [2.05, 4.69) is 4.74 Å². The van der Waals surface area contributed by atoms with Crippen molar-refractivity contribution in [1.82, 2.24) is 0 Å². The maximum Gasteiger partial charge on any atom is 0.337 e. The number of carbonyl (C=O) groups excluding carboxylic acids is 1. The highest BCUT2D eigenvalue weighted by Gasteiger charge is 2.45. The van der Waals surface area contributed by atoms with Gasteiger partial charge in [0.25, 0.3) is 0 Å². The first-order valence-corrected chi connectivity index (χ1v) is 5.11. The third-order valence-corrected chi connectivity index (χ3v) is 2.61. The van der Waals surface area contributed by atoms with E-state index in [1.54, 1.807) is 7.11 Å². The van der Waals surface area contributed by atoms with Crippen LogP contribution in [-0.2, 0) is 20.7 Å². The van der Waals surface area contributed by atoms with Crippen molar-refractivity contribution >= 4 is 5.97 Å². The molecule has 1 heterocycles. The van der Waals surface area contributed by atoms with Gasteiger partial charge in [0.15, 0.2) is 6.10 Å². The lowest BCUT2D eigenvalue weighted by molar-refractivity contribution is -0.142. The van der Waals surface area contributed by atoms with Gasteiger partial charge in [-0.15, -0.1) is 0 Å². The Morgan fingerprint density at radius 3 is 2.56 bits per heavy atom. The first-order valence-electron chi connectivity index (χ1n) is 5.11. The Morgan fingerprint density at radius 2 is 2.00 bits per heavy atom. The summed E-state index contributed by atoms with van der Waals surface area (Å²) >= 11 is 0. The maximum absolute atomic E-state index is 11.1. The number of carbonyl (C=O) groups is 1. The standard InChI is InChI=1S/C12H14O4/c1-14-9-5-3-8(4-6-9)7-10-11(16-10)12(13)15-2/h3-6,10-11H,7H2,1-2H3/t10-,11-/m1/s1. The molecule has 2 atom stereocenters. The molecule has 86 valence electrons. The molecular formula is C12H14O4. The van der Waals surface area contributed by atoms with Gasteiger partial charge in [0.2, 0.25) is 0 Å². The number of rotatable bonds is 4. The average molecular weight is 222 g/mol. The smallest absolute Gasteiger partial charge is 0.337 e. The highest BCUT2D eigenvalue weighted by atomic mass is 16.6. The minimum atomic E-state index is -0.382. The summed E-state index contributed by atoms with van der Waals surface area (Å²) in [6.07, 6.45) is 0.303. The van der Waals surface area contributed by atoms with Gasteiger partial charge in [-0.3, -0.25) is 0 Å². The second kappa shape index (κ2) is 4.53. The molecule has 2 rings (SSSR count). The van der Waals surface area contributed by atoms with Crippen LogP contribution in [-0.4, -0.2) is 32.4 Å². The molecule has 1 aliphatic rings. The Bertz CT molecular complexity index is 371. The zero-order valence-corrected chi connectivity index (χ0v) is 9.30. The van der Waals surface area contributed by atoms with Crippen molar-refractivity contribution in [2.45, 2.75) is 18.6 Å². The third kappa shape index (κ3) is 2.33. The minimum Gasteiger partial charge on any atom is -0.497 e. The predicted octanol–water partition coefficient (Wildman–Crippen LogP) is 1.18. The van der Waals surface area contributed by atoms with Crippen molar-refractivity contribution < 1.29 is 19.0 Å². The molecule has 0 bridgehead atoms. The van der Waals surface area contributed by atoms with E-state index in [-0.39, 0.29) is 18.2 Å². The molecule has 0 aromatic heterocycles. The van der Waals surface area contributed by atoms with Crippen LogP contribution < -0.4 is 4.74 Å². The van der Waals surface area contributed by atoms with Crippen LogP contribution in [0.2, 0.25) is 0 Å². The van der Waals surface area contributed by atoms with Gasteiger partial charge in [0.1, 0.15) is 5.75 Å². The normalized spacial score (nSPS) is 22.6. The number of hydrogen-bond donors (Lipinski definition) is 0. The Morgan fingerprint density at radius 1 is 1.31 bits per heavy atom. The van der Waals surface area contributed by atoms with Crippen LogP contribution in [0.15, 0.2) is 24.3 Å². The molecule has 1 fully saturated rings. The number of esters is 1. The van der Waals surface area contributed by atoms with E-state index in [0.717, 1.165) is 17.7 Å². The fourth-order valence-electron chi connectivity index (χ4n) is 1.62. The van der Waals surface area contributed by atoms with Crippen LogP contribution >= 0.6 is 0 Å². The van der Waals surface area contributed by atoms with Crippen molar-refractivity contribution in [1.29, 1.82) is 0 Å². The SMILES string of the molecule is COC(=O)[C@@H]1O[C@@H]1Cc1ccc(OC)cc1. The van der Waals surface area contributed by atoms with E-state index in [1.165, 1.54) is 7.11 Å². The second-order valence-corrected chi connectivity index (χ2v) is 3.67. The highest BCUT2D eigenvalue weighted by Crippen LogP contribution is 2.27. The molecule has 0 saturated carbocycles. The van der Waals surface area contributed by atoms with Gasteiger partial charge < -0.3 is 14.2 Å². The van der Waals surface area contributed by atoms with Gasteiger partial charge in [-0.1, -0.05) is 12.1 Å². The van der Waals surface area contributed by atoms with E-state index < -0.39 is 0 Å². The molecule has 4 heteroatoms. The molecule has 0 amide bonds. The van der Waals surface area contributed by atoms with E-state index in [9.17, 15) is 4.79 Å². The molecule has 0 aliphatic carbocycles. The molecule has 1 aliphatic heterocycles. The van der Waals surface area contributed by atoms with Crippen LogP contribution in [0.25, 0.3) is 0 Å². The van der Waals surface area contributed by atoms with Gasteiger partial charge >= 0.3 is 5.97 Å². The lowest BCUT2D eigenvalue weighted by atomic mass is 10.1. The molecule has 1 aromatic carbocycles. The van der Waals surface area contributed by atoms with E-state index in [1.807, 2.05) is 24.3 Å². The number of benzene rings is 1. The van der Waals surface area contributed by atoms with Crippen molar-refractivity contribution in [2.75, 3.05) is 14.2 Å². The molecule has 1 saturated heterocycles. The summed E-state index contributed by atoms with van der Waals surface area (Å²) in [5.74, 6) is 0.531. The summed E-state index contributed by atoms with van der Waals surface area (Å²) in [4.78, 5) is 11.1. The summed E-state index contributed by atoms with van der Waals surface area (Å²) in [6, 6.07) is 7.72. The molecule has 1 aromatic rings. The summed E-state index contributed by atoms with van der Waals surface area (Å²) in [7, 11) is 3.00. The minimum absolute atomic E-state index is 0.0409. The average Bonchev–Trinajstić information content (AvgIpc) is 3.08. The molecule has 0 radical (unpaired) electrons. The number of methoxy groups -OCH3 is 2. The second-order valence-electron chi connectivity index (χ2n) is 3.67. The molecule has 0 spiro atoms. The summed E-state index contributed by atoms with van der Waals surface area (Å²) in [5.41, 5.74) is 1.12. The number of hydrogen-bond acceptors (Lipinski definition) is 4. The fraction of sp³-hybridized carbons (Fsp3) is 0.417. The Kier molecular flexibility index (Phi) is 3.10. The van der Waals surface area contributed by atoms with Gasteiger partial charge in [0, 0.05) is 6.42 Å². The lowest BCUT2D eigenvalue weighted by Gasteiger charge is -2.01. The topological polar surface area (TPSA) is 48.1 Å². The summed E-state index contributed by atoms with van der Waals surface area (Å²) < 4.78 is 14.9. The first-order chi connectivity index (χ1) is 7.74. The quantitative estimate of drug-likeness (QED) is 0.567.